The van der Waals surface area contributed by atoms with Gasteiger partial charge in [0.05, 0.1) is 0 Å². The maximum atomic E-state index is 3.42. The van der Waals surface area contributed by atoms with Gasteiger partial charge in [-0.3, -0.25) is 0 Å². The number of benzene rings is 4. The SMILES string of the molecule is [c]1ccccc1-c1ccccc1-c1[c]ccc2ccccc12. The summed E-state index contributed by atoms with van der Waals surface area (Å²) in [6.07, 6.45) is 0. The van der Waals surface area contributed by atoms with Crippen molar-refractivity contribution in [2.75, 3.05) is 0 Å². The molecule has 0 atom stereocenters. The third-order valence-electron chi connectivity index (χ3n) is 3.92. The van der Waals surface area contributed by atoms with Crippen LogP contribution < -0.4 is 0 Å². The molecule has 4 rings (SSSR count). The molecule has 0 saturated carbocycles. The molecule has 4 aromatic carbocycles. The van der Waals surface area contributed by atoms with Crippen LogP contribution in [0.2, 0.25) is 0 Å². The van der Waals surface area contributed by atoms with E-state index in [4.69, 9.17) is 0 Å². The molecule has 0 bridgehead atoms. The van der Waals surface area contributed by atoms with Crippen molar-refractivity contribution in [1.82, 2.24) is 0 Å². The van der Waals surface area contributed by atoms with Gasteiger partial charge in [-0.1, -0.05) is 84.9 Å². The van der Waals surface area contributed by atoms with E-state index in [0.29, 0.717) is 0 Å². The molecule has 2 radical (unpaired) electrons. The average molecular weight is 278 g/mol. The maximum absolute atomic E-state index is 3.42. The van der Waals surface area contributed by atoms with Gasteiger partial charge in [-0.15, -0.1) is 0 Å². The fourth-order valence-electron chi connectivity index (χ4n) is 2.88. The summed E-state index contributed by atoms with van der Waals surface area (Å²) in [5.74, 6) is 0. The highest BCUT2D eigenvalue weighted by molar-refractivity contribution is 6.00. The molecule has 0 fully saturated rings. The van der Waals surface area contributed by atoms with E-state index in [-0.39, 0.29) is 0 Å². The highest BCUT2D eigenvalue weighted by atomic mass is 14.1. The van der Waals surface area contributed by atoms with E-state index in [1.165, 1.54) is 21.9 Å². The van der Waals surface area contributed by atoms with Crippen LogP contribution in [0.4, 0.5) is 0 Å². The van der Waals surface area contributed by atoms with E-state index in [9.17, 15) is 0 Å². The second kappa shape index (κ2) is 5.50. The Bertz CT molecular complexity index is 915. The fraction of sp³-hybridized carbons (Fsp3) is 0. The van der Waals surface area contributed by atoms with Crippen molar-refractivity contribution in [2.45, 2.75) is 0 Å². The van der Waals surface area contributed by atoms with Gasteiger partial charge < -0.3 is 0 Å². The standard InChI is InChI=1S/C22H14/c1-2-9-17(10-3-1)19-14-6-7-15-21(19)22-16-8-12-18-11-4-5-13-20(18)22/h1-9,11-15H. The first-order valence-electron chi connectivity index (χ1n) is 7.39. The van der Waals surface area contributed by atoms with Gasteiger partial charge in [0.25, 0.3) is 0 Å². The van der Waals surface area contributed by atoms with Gasteiger partial charge in [0, 0.05) is 0 Å². The van der Waals surface area contributed by atoms with Crippen molar-refractivity contribution >= 4 is 10.8 Å². The van der Waals surface area contributed by atoms with Crippen LogP contribution in [0.25, 0.3) is 33.0 Å². The number of hydrogen-bond acceptors (Lipinski definition) is 0. The molecule has 102 valence electrons. The zero-order chi connectivity index (χ0) is 14.8. The van der Waals surface area contributed by atoms with Gasteiger partial charge in [-0.25, -0.2) is 0 Å². The molecule has 0 heteroatoms. The van der Waals surface area contributed by atoms with Gasteiger partial charge in [0.2, 0.25) is 0 Å². The Morgan fingerprint density at radius 1 is 0.545 bits per heavy atom. The molecule has 0 N–H and O–H groups in total. The smallest absolute Gasteiger partial charge is 0.00204 e. The van der Waals surface area contributed by atoms with E-state index in [0.717, 1.165) is 11.1 Å². The minimum Gasteiger partial charge on any atom is -0.0616 e. The molecule has 0 aliphatic heterocycles. The summed E-state index contributed by atoms with van der Waals surface area (Å²) in [6, 6.07) is 35.9. The van der Waals surface area contributed by atoms with E-state index in [2.05, 4.69) is 78.9 Å². The van der Waals surface area contributed by atoms with Crippen molar-refractivity contribution in [3.63, 3.8) is 0 Å². The molecule has 0 saturated heterocycles. The third kappa shape index (κ3) is 2.19. The minimum absolute atomic E-state index is 1.11. The van der Waals surface area contributed by atoms with Crippen LogP contribution in [0, 0.1) is 12.1 Å². The van der Waals surface area contributed by atoms with Crippen LogP contribution in [0.1, 0.15) is 0 Å². The van der Waals surface area contributed by atoms with E-state index in [1.54, 1.807) is 0 Å². The second-order valence-corrected chi connectivity index (χ2v) is 5.26. The Kier molecular flexibility index (Phi) is 3.21. The summed E-state index contributed by atoms with van der Waals surface area (Å²) in [5, 5.41) is 2.47. The Morgan fingerprint density at radius 2 is 1.32 bits per heavy atom. The Labute approximate surface area is 130 Å². The largest absolute Gasteiger partial charge is 0.0616 e. The molecule has 0 amide bonds. The summed E-state index contributed by atoms with van der Waals surface area (Å²) >= 11 is 0. The summed E-state index contributed by atoms with van der Waals surface area (Å²) < 4.78 is 0. The summed E-state index contributed by atoms with van der Waals surface area (Å²) in [7, 11) is 0. The van der Waals surface area contributed by atoms with Crippen molar-refractivity contribution in [1.29, 1.82) is 0 Å². The Hall–Kier alpha value is -2.86. The Balaban J connectivity index is 2.01. The van der Waals surface area contributed by atoms with Crippen LogP contribution in [0.3, 0.4) is 0 Å². The normalized spacial score (nSPS) is 10.7. The lowest BCUT2D eigenvalue weighted by atomic mass is 9.91. The van der Waals surface area contributed by atoms with Gasteiger partial charge in [-0.2, -0.15) is 0 Å². The highest BCUT2D eigenvalue weighted by Crippen LogP contribution is 2.35. The quantitative estimate of drug-likeness (QED) is 0.436. The van der Waals surface area contributed by atoms with Crippen LogP contribution >= 0.6 is 0 Å². The first kappa shape index (κ1) is 12.8. The Morgan fingerprint density at radius 3 is 2.18 bits per heavy atom. The monoisotopic (exact) mass is 278 g/mol. The minimum atomic E-state index is 1.11. The molecule has 0 aliphatic rings. The van der Waals surface area contributed by atoms with Crippen molar-refractivity contribution in [2.24, 2.45) is 0 Å². The predicted molar refractivity (Wildman–Crippen MR) is 92.5 cm³/mol. The van der Waals surface area contributed by atoms with Gasteiger partial charge in [0.1, 0.15) is 0 Å². The molecular formula is C22H14. The first-order chi connectivity index (χ1) is 10.9. The predicted octanol–water partition coefficient (Wildman–Crippen LogP) is 5.77. The van der Waals surface area contributed by atoms with Crippen LogP contribution in [-0.2, 0) is 0 Å². The molecule has 0 aromatic heterocycles. The van der Waals surface area contributed by atoms with E-state index >= 15 is 0 Å². The molecule has 0 aliphatic carbocycles. The number of fused-ring (bicyclic) bond motifs is 1. The summed E-state index contributed by atoms with van der Waals surface area (Å²) in [4.78, 5) is 0. The van der Waals surface area contributed by atoms with E-state index < -0.39 is 0 Å². The molecular weight excluding hydrogens is 264 g/mol. The van der Waals surface area contributed by atoms with Crippen molar-refractivity contribution in [3.05, 3.63) is 97.1 Å². The lowest BCUT2D eigenvalue weighted by Crippen LogP contribution is -1.87. The fourth-order valence-corrected chi connectivity index (χ4v) is 2.88. The molecule has 0 spiro atoms. The summed E-state index contributed by atoms with van der Waals surface area (Å²) in [6.45, 7) is 0. The molecule has 4 aromatic rings. The van der Waals surface area contributed by atoms with Gasteiger partial charge in [0.15, 0.2) is 0 Å². The number of rotatable bonds is 2. The molecule has 22 heavy (non-hydrogen) atoms. The number of hydrogen-bond donors (Lipinski definition) is 0. The molecule has 0 nitrogen and oxygen atoms in total. The molecule has 0 unspecified atom stereocenters. The lowest BCUT2D eigenvalue weighted by molar-refractivity contribution is 1.59. The van der Waals surface area contributed by atoms with Crippen molar-refractivity contribution in [3.8, 4) is 22.3 Å². The lowest BCUT2D eigenvalue weighted by Gasteiger charge is -2.12. The van der Waals surface area contributed by atoms with E-state index in [1.807, 2.05) is 18.2 Å². The van der Waals surface area contributed by atoms with Crippen LogP contribution in [0.5, 0.6) is 0 Å². The second-order valence-electron chi connectivity index (χ2n) is 5.26. The summed E-state index contributed by atoms with van der Waals surface area (Å²) in [5.41, 5.74) is 4.64. The van der Waals surface area contributed by atoms with Crippen LogP contribution in [-0.4, -0.2) is 0 Å². The topological polar surface area (TPSA) is 0 Å². The third-order valence-corrected chi connectivity index (χ3v) is 3.92. The highest BCUT2D eigenvalue weighted by Gasteiger charge is 2.09. The average Bonchev–Trinajstić information content (AvgIpc) is 2.62. The van der Waals surface area contributed by atoms with Crippen LogP contribution in [0.15, 0.2) is 84.9 Å². The first-order valence-corrected chi connectivity index (χ1v) is 7.39. The van der Waals surface area contributed by atoms with Crippen molar-refractivity contribution < 1.29 is 0 Å². The zero-order valence-electron chi connectivity index (χ0n) is 12.1. The molecule has 0 heterocycles. The van der Waals surface area contributed by atoms with Gasteiger partial charge in [-0.05, 0) is 45.2 Å². The maximum Gasteiger partial charge on any atom is -0.00204 e. The van der Waals surface area contributed by atoms with Gasteiger partial charge >= 0.3 is 0 Å². The zero-order valence-corrected chi connectivity index (χ0v) is 12.1.